The maximum absolute atomic E-state index is 10.8. The predicted molar refractivity (Wildman–Crippen MR) is 97.8 cm³/mol. The van der Waals surface area contributed by atoms with Gasteiger partial charge in [0.05, 0.1) is 13.3 Å². The summed E-state index contributed by atoms with van der Waals surface area (Å²) in [5.74, 6) is -0.850. The summed E-state index contributed by atoms with van der Waals surface area (Å²) in [5.41, 5.74) is 10.2. The van der Waals surface area contributed by atoms with Crippen LogP contribution in [-0.2, 0) is 9.59 Å². The van der Waals surface area contributed by atoms with E-state index in [2.05, 4.69) is 9.80 Å². The van der Waals surface area contributed by atoms with Crippen LogP contribution in [0.2, 0.25) is 0 Å². The van der Waals surface area contributed by atoms with Crippen LogP contribution in [0.4, 0.5) is 0 Å². The fourth-order valence-corrected chi connectivity index (χ4v) is 3.07. The molecule has 6 nitrogen and oxygen atoms in total. The summed E-state index contributed by atoms with van der Waals surface area (Å²) in [5, 5.41) is -1.05. The van der Waals surface area contributed by atoms with Gasteiger partial charge in [-0.25, -0.2) is 0 Å². The normalized spacial score (nSPS) is 18.1. The molecule has 0 aliphatic carbocycles. The molecule has 0 saturated carbocycles. The summed E-state index contributed by atoms with van der Waals surface area (Å²) >= 11 is 11.6. The lowest BCUT2D eigenvalue weighted by molar-refractivity contribution is -0.118. The molecule has 0 aromatic rings. The number of nitrogens with two attached hydrogens (primary N) is 2. The van der Waals surface area contributed by atoms with Gasteiger partial charge in [-0.3, -0.25) is 19.4 Å². The summed E-state index contributed by atoms with van der Waals surface area (Å²) in [4.78, 5) is 26.4. The van der Waals surface area contributed by atoms with Crippen LogP contribution in [0.15, 0.2) is 0 Å². The highest BCUT2D eigenvalue weighted by Gasteiger charge is 2.22. The van der Waals surface area contributed by atoms with Crippen molar-refractivity contribution in [3.63, 3.8) is 0 Å². The van der Waals surface area contributed by atoms with E-state index in [1.165, 1.54) is 0 Å². The first kappa shape index (κ1) is 21.5. The second kappa shape index (κ2) is 11.9. The van der Waals surface area contributed by atoms with Gasteiger partial charge in [0, 0.05) is 13.1 Å². The Kier molecular flexibility index (Phi) is 10.7. The Bertz CT molecular complexity index is 358. The molecule has 2 unspecified atom stereocenters. The van der Waals surface area contributed by atoms with Crippen LogP contribution >= 0.6 is 23.2 Å². The molecule has 140 valence electrons. The maximum atomic E-state index is 10.8. The maximum Gasteiger partial charge on any atom is 0.235 e. The van der Waals surface area contributed by atoms with Crippen molar-refractivity contribution in [3.05, 3.63) is 0 Å². The van der Waals surface area contributed by atoms with Gasteiger partial charge in [0.15, 0.2) is 0 Å². The van der Waals surface area contributed by atoms with E-state index in [0.717, 1.165) is 65.0 Å². The molecular weight excluding hydrogens is 351 g/mol. The molecule has 1 saturated heterocycles. The van der Waals surface area contributed by atoms with E-state index in [9.17, 15) is 9.59 Å². The zero-order valence-electron chi connectivity index (χ0n) is 14.3. The van der Waals surface area contributed by atoms with Gasteiger partial charge in [-0.15, -0.1) is 23.2 Å². The first-order chi connectivity index (χ1) is 11.4. The minimum atomic E-state index is -0.526. The van der Waals surface area contributed by atoms with E-state index in [-0.39, 0.29) is 0 Å². The van der Waals surface area contributed by atoms with E-state index in [4.69, 9.17) is 34.7 Å². The molecule has 4 N–H and O–H groups in total. The number of hydrogen-bond acceptors (Lipinski definition) is 4. The number of halogens is 2. The zero-order chi connectivity index (χ0) is 17.9. The van der Waals surface area contributed by atoms with Gasteiger partial charge in [-0.05, 0) is 25.7 Å². The van der Waals surface area contributed by atoms with Crippen LogP contribution in [0, 0.1) is 0 Å². The standard InChI is InChI=1S/C16H30Cl2N4O2/c17-13(15(19)23)7-3-1-5-9-21-11-22(12-21)10-6-2-4-8-14(18)16(20)24/h13-14H,1-12H2,(H2,19,23)(H2,20,24). The summed E-state index contributed by atoms with van der Waals surface area (Å²) in [6.45, 7) is 4.23. The molecule has 0 aromatic carbocycles. The number of primary amides is 2. The molecule has 8 heteroatoms. The number of hydrogen-bond donors (Lipinski definition) is 2. The largest absolute Gasteiger partial charge is 0.368 e. The van der Waals surface area contributed by atoms with Crippen molar-refractivity contribution in [2.75, 3.05) is 26.4 Å². The van der Waals surface area contributed by atoms with E-state index in [1.54, 1.807) is 0 Å². The van der Waals surface area contributed by atoms with Crippen molar-refractivity contribution in [2.24, 2.45) is 11.5 Å². The highest BCUT2D eigenvalue weighted by Crippen LogP contribution is 2.15. The van der Waals surface area contributed by atoms with E-state index < -0.39 is 22.6 Å². The van der Waals surface area contributed by atoms with E-state index in [0.29, 0.717) is 12.8 Å². The van der Waals surface area contributed by atoms with Gasteiger partial charge >= 0.3 is 0 Å². The van der Waals surface area contributed by atoms with Crippen LogP contribution < -0.4 is 11.5 Å². The first-order valence-corrected chi connectivity index (χ1v) is 9.59. The van der Waals surface area contributed by atoms with Gasteiger partial charge in [-0.2, -0.15) is 0 Å². The smallest absolute Gasteiger partial charge is 0.235 e. The predicted octanol–water partition coefficient (Wildman–Crippen LogP) is 1.83. The Morgan fingerprint density at radius 2 is 1.12 bits per heavy atom. The van der Waals surface area contributed by atoms with Crippen LogP contribution in [0.25, 0.3) is 0 Å². The minimum absolute atomic E-state index is 0.425. The average Bonchev–Trinajstić information content (AvgIpc) is 2.49. The third-order valence-corrected chi connectivity index (χ3v) is 5.15. The highest BCUT2D eigenvalue weighted by molar-refractivity contribution is 6.30. The van der Waals surface area contributed by atoms with Crippen molar-refractivity contribution in [2.45, 2.75) is 62.1 Å². The Hall–Kier alpha value is -0.560. The van der Waals surface area contributed by atoms with Crippen molar-refractivity contribution in [1.29, 1.82) is 0 Å². The van der Waals surface area contributed by atoms with Crippen molar-refractivity contribution >= 4 is 35.0 Å². The lowest BCUT2D eigenvalue weighted by Gasteiger charge is -2.42. The van der Waals surface area contributed by atoms with Crippen LogP contribution in [0.1, 0.15) is 51.4 Å². The van der Waals surface area contributed by atoms with Gasteiger partial charge in [-0.1, -0.05) is 25.7 Å². The summed E-state index contributed by atoms with van der Waals surface area (Å²) in [6, 6.07) is 0. The molecule has 1 aliphatic heterocycles. The lowest BCUT2D eigenvalue weighted by Crippen LogP contribution is -2.55. The molecule has 0 radical (unpaired) electrons. The molecule has 0 spiro atoms. The SMILES string of the molecule is NC(=O)C(Cl)CCCCCN1CN(CCCCCC(Cl)C(N)=O)C1. The van der Waals surface area contributed by atoms with Gasteiger partial charge in [0.2, 0.25) is 11.8 Å². The van der Waals surface area contributed by atoms with Crippen LogP contribution in [0.5, 0.6) is 0 Å². The summed E-state index contributed by atoms with van der Waals surface area (Å²) in [7, 11) is 0. The van der Waals surface area contributed by atoms with Crippen molar-refractivity contribution < 1.29 is 9.59 Å². The van der Waals surface area contributed by atoms with Gasteiger partial charge in [0.25, 0.3) is 0 Å². The Labute approximate surface area is 154 Å². The monoisotopic (exact) mass is 380 g/mol. The quantitative estimate of drug-likeness (QED) is 0.355. The number of alkyl halides is 2. The van der Waals surface area contributed by atoms with Crippen molar-refractivity contribution in [1.82, 2.24) is 9.80 Å². The number of rotatable bonds is 14. The fraction of sp³-hybridized carbons (Fsp3) is 0.875. The molecule has 1 aliphatic rings. The Morgan fingerprint density at radius 1 is 0.750 bits per heavy atom. The van der Waals surface area contributed by atoms with Crippen molar-refractivity contribution in [3.8, 4) is 0 Å². The number of unbranched alkanes of at least 4 members (excludes halogenated alkanes) is 4. The second-order valence-electron chi connectivity index (χ2n) is 6.51. The first-order valence-electron chi connectivity index (χ1n) is 8.71. The van der Waals surface area contributed by atoms with Crippen LogP contribution in [-0.4, -0.2) is 58.8 Å². The third kappa shape index (κ3) is 9.06. The van der Waals surface area contributed by atoms with Gasteiger partial charge in [0.1, 0.15) is 10.8 Å². The second-order valence-corrected chi connectivity index (χ2v) is 7.56. The molecular formula is C16H30Cl2N4O2. The summed E-state index contributed by atoms with van der Waals surface area (Å²) in [6.07, 6.45) is 7.63. The Balaban J connectivity index is 1.87. The molecule has 1 heterocycles. The number of amides is 2. The third-order valence-electron chi connectivity index (χ3n) is 4.28. The molecule has 2 atom stereocenters. The fourth-order valence-electron chi connectivity index (χ4n) is 2.76. The number of nitrogens with zero attached hydrogens (tertiary/aromatic N) is 2. The number of carbonyl (C=O) groups excluding carboxylic acids is 2. The van der Waals surface area contributed by atoms with Crippen LogP contribution in [0.3, 0.4) is 0 Å². The molecule has 1 rings (SSSR count). The lowest BCUT2D eigenvalue weighted by atomic mass is 10.1. The molecule has 0 aromatic heterocycles. The molecule has 2 amide bonds. The average molecular weight is 381 g/mol. The molecule has 24 heavy (non-hydrogen) atoms. The summed E-state index contributed by atoms with van der Waals surface area (Å²) < 4.78 is 0. The molecule has 0 bridgehead atoms. The minimum Gasteiger partial charge on any atom is -0.368 e. The zero-order valence-corrected chi connectivity index (χ0v) is 15.8. The van der Waals surface area contributed by atoms with E-state index >= 15 is 0 Å². The Morgan fingerprint density at radius 3 is 1.46 bits per heavy atom. The van der Waals surface area contributed by atoms with E-state index in [1.807, 2.05) is 0 Å². The highest BCUT2D eigenvalue weighted by atomic mass is 35.5. The topological polar surface area (TPSA) is 92.7 Å². The molecule has 1 fully saturated rings. The van der Waals surface area contributed by atoms with Gasteiger partial charge < -0.3 is 11.5 Å². The number of carbonyl (C=O) groups is 2.